The van der Waals surface area contributed by atoms with E-state index in [1.807, 2.05) is 13.0 Å². The number of nitriles is 1. The van der Waals surface area contributed by atoms with E-state index in [2.05, 4.69) is 16.0 Å². The summed E-state index contributed by atoms with van der Waals surface area (Å²) in [4.78, 5) is 22.4. The predicted molar refractivity (Wildman–Crippen MR) is 134 cm³/mol. The lowest BCUT2D eigenvalue weighted by Crippen LogP contribution is -2.30. The van der Waals surface area contributed by atoms with Crippen molar-refractivity contribution in [3.63, 3.8) is 0 Å². The fraction of sp³-hybridized carbons (Fsp3) is 0.333. The summed E-state index contributed by atoms with van der Waals surface area (Å²) >= 11 is 0. The quantitative estimate of drug-likeness (QED) is 0.353. The Labute approximate surface area is 203 Å². The van der Waals surface area contributed by atoms with Gasteiger partial charge in [-0.25, -0.2) is 13.8 Å². The van der Waals surface area contributed by atoms with E-state index < -0.39 is 5.82 Å². The molecule has 182 valence electrons. The van der Waals surface area contributed by atoms with Crippen LogP contribution in [0.2, 0.25) is 0 Å². The molecule has 0 unspecified atom stereocenters. The summed E-state index contributed by atoms with van der Waals surface area (Å²) in [6, 6.07) is 5.11. The molecule has 0 bridgehead atoms. The molecular formula is C27H28F2N4O2. The van der Waals surface area contributed by atoms with Crippen molar-refractivity contribution < 1.29 is 13.5 Å². The van der Waals surface area contributed by atoms with Gasteiger partial charge in [0.1, 0.15) is 23.9 Å². The smallest absolute Gasteiger partial charge is 0.263 e. The highest BCUT2D eigenvalue weighted by Crippen LogP contribution is 2.38. The first-order chi connectivity index (χ1) is 16.7. The lowest BCUT2D eigenvalue weighted by atomic mass is 9.93. The van der Waals surface area contributed by atoms with E-state index in [4.69, 9.17) is 4.74 Å². The third-order valence-corrected chi connectivity index (χ3v) is 5.74. The van der Waals surface area contributed by atoms with Crippen LogP contribution in [0.1, 0.15) is 57.0 Å². The van der Waals surface area contributed by atoms with Gasteiger partial charge in [-0.2, -0.15) is 5.26 Å². The van der Waals surface area contributed by atoms with Gasteiger partial charge in [-0.05, 0) is 51.7 Å². The summed E-state index contributed by atoms with van der Waals surface area (Å²) in [7, 11) is 1.61. The average molecular weight is 479 g/mol. The summed E-state index contributed by atoms with van der Waals surface area (Å²) in [6.07, 6.45) is 6.14. The molecule has 0 saturated carbocycles. The summed E-state index contributed by atoms with van der Waals surface area (Å²) in [6.45, 7) is 6.52. The first kappa shape index (κ1) is 25.8. The molecule has 35 heavy (non-hydrogen) atoms. The highest BCUT2D eigenvalue weighted by Gasteiger charge is 2.27. The first-order valence-corrected chi connectivity index (χ1v) is 11.4. The molecule has 0 aliphatic carbocycles. The molecular weight excluding hydrogens is 450 g/mol. The highest BCUT2D eigenvalue weighted by atomic mass is 19.1. The lowest BCUT2D eigenvalue weighted by Gasteiger charge is -2.26. The van der Waals surface area contributed by atoms with E-state index >= 15 is 0 Å². The number of hydrogen-bond acceptors (Lipinski definition) is 5. The van der Waals surface area contributed by atoms with Gasteiger partial charge in [0.25, 0.3) is 5.56 Å². The van der Waals surface area contributed by atoms with Gasteiger partial charge in [0, 0.05) is 36.0 Å². The molecule has 0 atom stereocenters. The van der Waals surface area contributed by atoms with Crippen molar-refractivity contribution in [1.82, 2.24) is 9.55 Å². The number of aryl methyl sites for hydroxylation is 1. The van der Waals surface area contributed by atoms with Crippen molar-refractivity contribution in [1.29, 1.82) is 5.26 Å². The number of aromatic nitrogens is 2. The Balaban J connectivity index is 2.42. The Kier molecular flexibility index (Phi) is 8.13. The Bertz CT molecular complexity index is 1370. The zero-order chi connectivity index (χ0) is 25.7. The molecule has 2 aromatic rings. The summed E-state index contributed by atoms with van der Waals surface area (Å²) in [5, 5.41) is 9.66. The molecule has 0 N–H and O–H groups in total. The number of ether oxygens (including phenoxy) is 1. The third-order valence-electron chi connectivity index (χ3n) is 5.74. The lowest BCUT2D eigenvalue weighted by molar-refractivity contribution is 0.290. The maximum Gasteiger partial charge on any atom is 0.263 e. The van der Waals surface area contributed by atoms with Crippen LogP contribution in [0, 0.1) is 24.1 Å². The normalized spacial score (nSPS) is 14.2. The first-order valence-electron chi connectivity index (χ1n) is 11.4. The molecule has 0 fully saturated rings. The van der Waals surface area contributed by atoms with Crippen LogP contribution in [0.25, 0.3) is 22.5 Å². The molecule has 0 spiro atoms. The van der Waals surface area contributed by atoms with Crippen LogP contribution in [0.4, 0.5) is 8.78 Å². The zero-order valence-corrected chi connectivity index (χ0v) is 20.6. The fourth-order valence-corrected chi connectivity index (χ4v) is 4.05. The van der Waals surface area contributed by atoms with Crippen LogP contribution in [0.5, 0.6) is 5.75 Å². The molecule has 8 heteroatoms. The van der Waals surface area contributed by atoms with Gasteiger partial charge in [0.15, 0.2) is 0 Å². The maximum absolute atomic E-state index is 14.2. The van der Waals surface area contributed by atoms with Crippen LogP contribution in [-0.4, -0.2) is 22.8 Å². The molecule has 6 nitrogen and oxygen atoms in total. The third kappa shape index (κ3) is 5.29. The number of allylic oxidation sites excluding steroid dienone is 6. The van der Waals surface area contributed by atoms with E-state index in [1.165, 1.54) is 23.6 Å². The van der Waals surface area contributed by atoms with Crippen molar-refractivity contribution >= 4 is 17.5 Å². The van der Waals surface area contributed by atoms with Gasteiger partial charge >= 0.3 is 0 Å². The van der Waals surface area contributed by atoms with E-state index in [1.54, 1.807) is 33.2 Å². The second-order valence-electron chi connectivity index (χ2n) is 8.22. The van der Waals surface area contributed by atoms with Gasteiger partial charge < -0.3 is 4.74 Å². The molecule has 1 aliphatic heterocycles. The van der Waals surface area contributed by atoms with Crippen molar-refractivity contribution in [2.45, 2.75) is 53.6 Å². The topological polar surface area (TPSA) is 80.3 Å². The molecule has 3 heterocycles. The minimum Gasteiger partial charge on any atom is -0.485 e. The summed E-state index contributed by atoms with van der Waals surface area (Å²) in [5.41, 5.74) is 3.16. The van der Waals surface area contributed by atoms with Crippen LogP contribution < -0.4 is 10.3 Å². The largest absolute Gasteiger partial charge is 0.485 e. The Morgan fingerprint density at radius 2 is 2.09 bits per heavy atom. The second-order valence-corrected chi connectivity index (χ2v) is 8.22. The molecule has 2 aromatic heterocycles. The predicted octanol–water partition coefficient (Wildman–Crippen LogP) is 6.15. The standard InChI is InChI=1S/C27H28F2N4O2/c1-6-8-19(14-31-5)33-24-15-35-25-12-23(29)18(4)32-26(25)22(24)11-21(27(33)34)20(16(2)13-30)10-7-9-17(3)28/h8-9,11-12,14H,6-7,10,15H2,1-5H3/b17-9+,19-8+,20-16-,31-14?. The summed E-state index contributed by atoms with van der Waals surface area (Å²) in [5.74, 6) is -0.540. The van der Waals surface area contributed by atoms with Crippen molar-refractivity contribution in [3.05, 3.63) is 68.8 Å². The van der Waals surface area contributed by atoms with Crippen LogP contribution >= 0.6 is 0 Å². The second kappa shape index (κ2) is 11.0. The van der Waals surface area contributed by atoms with Crippen molar-refractivity contribution in [2.24, 2.45) is 4.99 Å². The van der Waals surface area contributed by atoms with Crippen molar-refractivity contribution in [3.8, 4) is 23.1 Å². The summed E-state index contributed by atoms with van der Waals surface area (Å²) < 4.78 is 34.9. The highest BCUT2D eigenvalue weighted by molar-refractivity contribution is 6.03. The van der Waals surface area contributed by atoms with Gasteiger partial charge in [0.05, 0.1) is 29.0 Å². The molecule has 1 aliphatic rings. The fourth-order valence-electron chi connectivity index (χ4n) is 4.05. The number of hydrogen-bond donors (Lipinski definition) is 0. The van der Waals surface area contributed by atoms with Crippen LogP contribution in [0.3, 0.4) is 0 Å². The van der Waals surface area contributed by atoms with Gasteiger partial charge in [0.2, 0.25) is 0 Å². The number of halogens is 2. The average Bonchev–Trinajstić information content (AvgIpc) is 2.82. The molecule has 3 rings (SSSR count). The van der Waals surface area contributed by atoms with Gasteiger partial charge in [-0.3, -0.25) is 14.4 Å². The van der Waals surface area contributed by atoms with Gasteiger partial charge in [-0.15, -0.1) is 0 Å². The molecule has 0 amide bonds. The Morgan fingerprint density at radius 3 is 2.71 bits per heavy atom. The zero-order valence-electron chi connectivity index (χ0n) is 20.6. The molecule has 0 saturated heterocycles. The SMILES string of the molecule is CC/C=C(\C=NC)n1c2c(cc(/C(CC/C=C(\C)F)=C(/C)C#N)c1=O)-c1nc(C)c(F)cc1OC2. The monoisotopic (exact) mass is 478 g/mol. The van der Waals surface area contributed by atoms with E-state index in [0.717, 1.165) is 0 Å². The van der Waals surface area contributed by atoms with Gasteiger partial charge in [-0.1, -0.05) is 19.1 Å². The van der Waals surface area contributed by atoms with E-state index in [9.17, 15) is 18.8 Å². The van der Waals surface area contributed by atoms with E-state index in [-0.39, 0.29) is 29.4 Å². The molecule has 0 aromatic carbocycles. The minimum absolute atomic E-state index is 0.0285. The number of nitrogens with zero attached hydrogens (tertiary/aromatic N) is 4. The van der Waals surface area contributed by atoms with E-state index in [0.29, 0.717) is 58.6 Å². The van der Waals surface area contributed by atoms with Crippen LogP contribution in [0.15, 0.2) is 45.5 Å². The number of aliphatic imine (C=N–C) groups is 1. The van der Waals surface area contributed by atoms with Crippen LogP contribution in [-0.2, 0) is 6.61 Å². The maximum atomic E-state index is 14.2. The van der Waals surface area contributed by atoms with Crippen molar-refractivity contribution in [2.75, 3.05) is 7.05 Å². The Hall–Kier alpha value is -3.86. The number of rotatable bonds is 7. The minimum atomic E-state index is -0.486. The molecule has 0 radical (unpaired) electrons. The number of fused-ring (bicyclic) bond motifs is 3. The number of pyridine rings is 2. The Morgan fingerprint density at radius 1 is 1.34 bits per heavy atom.